The molecule has 1 aliphatic heterocycles. The van der Waals surface area contributed by atoms with Crippen molar-refractivity contribution >= 4 is 40.3 Å². The third-order valence-electron chi connectivity index (χ3n) is 5.18. The van der Waals surface area contributed by atoms with Gasteiger partial charge in [0.2, 0.25) is 5.75 Å². The predicted molar refractivity (Wildman–Crippen MR) is 138 cm³/mol. The second-order valence-electron chi connectivity index (χ2n) is 8.00. The zero-order valence-corrected chi connectivity index (χ0v) is 20.9. The molecule has 0 spiro atoms. The van der Waals surface area contributed by atoms with Gasteiger partial charge in [-0.15, -0.1) is 0 Å². The van der Waals surface area contributed by atoms with E-state index in [0.29, 0.717) is 33.5 Å². The molecular weight excluding hydrogens is 523 g/mol. The van der Waals surface area contributed by atoms with Gasteiger partial charge in [-0.3, -0.25) is 14.9 Å². The third-order valence-corrected chi connectivity index (χ3v) is 6.09. The van der Waals surface area contributed by atoms with Crippen LogP contribution in [0.5, 0.6) is 17.2 Å². The van der Waals surface area contributed by atoms with Crippen molar-refractivity contribution in [1.82, 2.24) is 5.32 Å². The van der Waals surface area contributed by atoms with E-state index in [9.17, 15) is 28.1 Å². The van der Waals surface area contributed by atoms with Gasteiger partial charge in [-0.25, -0.2) is 4.99 Å². The van der Waals surface area contributed by atoms with Crippen molar-refractivity contribution in [2.45, 2.75) is 20.0 Å². The number of rotatable bonds is 7. The Labute approximate surface area is 219 Å². The summed E-state index contributed by atoms with van der Waals surface area (Å²) in [5.74, 6) is -0.465. The number of amidine groups is 1. The summed E-state index contributed by atoms with van der Waals surface area (Å²) >= 11 is 1.16. The number of aliphatic imine (C=N–C) groups is 1. The molecule has 3 aromatic rings. The highest BCUT2D eigenvalue weighted by Crippen LogP contribution is 2.41. The van der Waals surface area contributed by atoms with E-state index in [-0.39, 0.29) is 29.8 Å². The van der Waals surface area contributed by atoms with Gasteiger partial charge in [0, 0.05) is 6.07 Å². The largest absolute Gasteiger partial charge is 0.490 e. The van der Waals surface area contributed by atoms with Gasteiger partial charge in [0.25, 0.3) is 5.91 Å². The lowest BCUT2D eigenvalue weighted by atomic mass is 10.1. The fourth-order valence-electron chi connectivity index (χ4n) is 3.38. The standard InChI is InChI=1S/C26H20F3N3O5S/c1-3-36-22-12-16(13-23-24(33)31-25(38-23)30-18-8-4-15(2)5-9-18)6-10-21(22)37-20-11-7-17(26(27,28)29)14-19(20)32(34)35/h4-14H,3H2,1-2H3,(H,30,31,33)/b23-13-. The molecule has 1 aliphatic rings. The molecule has 1 saturated heterocycles. The molecule has 4 rings (SSSR count). The molecule has 0 bridgehead atoms. The van der Waals surface area contributed by atoms with Crippen LogP contribution in [0.15, 0.2) is 70.6 Å². The van der Waals surface area contributed by atoms with Crippen molar-refractivity contribution < 1.29 is 32.4 Å². The SMILES string of the molecule is CCOc1cc(/C=C2\SC(=Nc3ccc(C)cc3)NC2=O)ccc1Oc1ccc(C(F)(F)F)cc1[N+](=O)[O-]. The summed E-state index contributed by atoms with van der Waals surface area (Å²) in [4.78, 5) is 27.7. The fraction of sp³-hybridized carbons (Fsp3) is 0.154. The van der Waals surface area contributed by atoms with Gasteiger partial charge >= 0.3 is 11.9 Å². The highest BCUT2D eigenvalue weighted by atomic mass is 32.2. The van der Waals surface area contributed by atoms with E-state index < -0.39 is 22.4 Å². The molecule has 0 aromatic heterocycles. The normalized spacial score (nSPS) is 15.6. The molecule has 1 N–H and O–H groups in total. The Bertz CT molecular complexity index is 1450. The van der Waals surface area contributed by atoms with E-state index in [2.05, 4.69) is 10.3 Å². The number of hydrogen-bond acceptors (Lipinski definition) is 7. The number of benzene rings is 3. The topological polar surface area (TPSA) is 103 Å². The van der Waals surface area contributed by atoms with Gasteiger partial charge in [0.15, 0.2) is 16.7 Å². The number of aryl methyl sites for hydroxylation is 1. The van der Waals surface area contributed by atoms with E-state index in [1.807, 2.05) is 31.2 Å². The lowest BCUT2D eigenvalue weighted by Gasteiger charge is -2.13. The summed E-state index contributed by atoms with van der Waals surface area (Å²) in [7, 11) is 0. The Morgan fingerprint density at radius 3 is 2.42 bits per heavy atom. The number of ether oxygens (including phenoxy) is 2. The zero-order chi connectivity index (χ0) is 27.4. The highest BCUT2D eigenvalue weighted by molar-refractivity contribution is 8.18. The van der Waals surface area contributed by atoms with E-state index in [4.69, 9.17) is 9.47 Å². The van der Waals surface area contributed by atoms with Crippen LogP contribution in [0.25, 0.3) is 6.08 Å². The van der Waals surface area contributed by atoms with Gasteiger partial charge in [-0.1, -0.05) is 23.8 Å². The first-order valence-corrected chi connectivity index (χ1v) is 12.0. The van der Waals surface area contributed by atoms with Crippen LogP contribution in [-0.4, -0.2) is 22.6 Å². The van der Waals surface area contributed by atoms with Gasteiger partial charge in [-0.05, 0) is 73.6 Å². The highest BCUT2D eigenvalue weighted by Gasteiger charge is 2.33. The lowest BCUT2D eigenvalue weighted by Crippen LogP contribution is -2.19. The van der Waals surface area contributed by atoms with Gasteiger partial charge in [-0.2, -0.15) is 13.2 Å². The van der Waals surface area contributed by atoms with Crippen LogP contribution in [-0.2, 0) is 11.0 Å². The maximum absolute atomic E-state index is 13.0. The third kappa shape index (κ3) is 6.32. The summed E-state index contributed by atoms with van der Waals surface area (Å²) in [5, 5.41) is 14.5. The minimum Gasteiger partial charge on any atom is -0.490 e. The first kappa shape index (κ1) is 26.7. The summed E-state index contributed by atoms with van der Waals surface area (Å²) in [6, 6.07) is 14.1. The van der Waals surface area contributed by atoms with Crippen molar-refractivity contribution in [1.29, 1.82) is 0 Å². The number of halogens is 3. The monoisotopic (exact) mass is 543 g/mol. The Kier molecular flexibility index (Phi) is 7.72. The molecule has 0 atom stereocenters. The lowest BCUT2D eigenvalue weighted by molar-refractivity contribution is -0.385. The minimum atomic E-state index is -4.75. The predicted octanol–water partition coefficient (Wildman–Crippen LogP) is 7.00. The number of nitrogens with zero attached hydrogens (tertiary/aromatic N) is 2. The van der Waals surface area contributed by atoms with Crippen molar-refractivity contribution in [2.75, 3.05) is 6.61 Å². The molecule has 3 aromatic carbocycles. The summed E-state index contributed by atoms with van der Waals surface area (Å²) < 4.78 is 50.2. The van der Waals surface area contributed by atoms with Crippen LogP contribution in [0.1, 0.15) is 23.6 Å². The maximum atomic E-state index is 13.0. The van der Waals surface area contributed by atoms with Gasteiger partial charge < -0.3 is 14.8 Å². The smallest absolute Gasteiger partial charge is 0.416 e. The number of nitrogens with one attached hydrogen (secondary N) is 1. The number of carbonyl (C=O) groups excluding carboxylic acids is 1. The van der Waals surface area contributed by atoms with E-state index in [1.54, 1.807) is 25.1 Å². The molecule has 1 amide bonds. The van der Waals surface area contributed by atoms with Gasteiger partial charge in [0.1, 0.15) is 0 Å². The number of amides is 1. The first-order chi connectivity index (χ1) is 18.0. The molecule has 0 saturated carbocycles. The molecule has 196 valence electrons. The van der Waals surface area contributed by atoms with E-state index in [0.717, 1.165) is 23.4 Å². The number of carbonyl (C=O) groups is 1. The number of hydrogen-bond donors (Lipinski definition) is 1. The van der Waals surface area contributed by atoms with Crippen molar-refractivity contribution in [3.63, 3.8) is 0 Å². The summed E-state index contributed by atoms with van der Waals surface area (Å²) in [5.41, 5.74) is 0.339. The van der Waals surface area contributed by atoms with Crippen LogP contribution >= 0.6 is 11.8 Å². The molecule has 0 unspecified atom stereocenters. The van der Waals surface area contributed by atoms with E-state index >= 15 is 0 Å². The molecule has 1 fully saturated rings. The quantitative estimate of drug-likeness (QED) is 0.195. The average Bonchev–Trinajstić information content (AvgIpc) is 3.20. The van der Waals surface area contributed by atoms with Crippen LogP contribution in [0.4, 0.5) is 24.5 Å². The second-order valence-corrected chi connectivity index (χ2v) is 9.03. The molecule has 0 aliphatic carbocycles. The Morgan fingerprint density at radius 1 is 1.05 bits per heavy atom. The fourth-order valence-corrected chi connectivity index (χ4v) is 4.22. The Balaban J connectivity index is 1.60. The molecule has 1 heterocycles. The molecule has 8 nitrogen and oxygen atoms in total. The summed E-state index contributed by atoms with van der Waals surface area (Å²) in [6.07, 6.45) is -3.13. The minimum absolute atomic E-state index is 0.0574. The van der Waals surface area contributed by atoms with Crippen LogP contribution in [0.3, 0.4) is 0 Å². The van der Waals surface area contributed by atoms with E-state index in [1.165, 1.54) is 6.07 Å². The zero-order valence-electron chi connectivity index (χ0n) is 20.0. The number of alkyl halides is 3. The second kappa shape index (κ2) is 11.0. The number of nitro groups is 1. The van der Waals surface area contributed by atoms with Crippen molar-refractivity contribution in [2.24, 2.45) is 4.99 Å². The van der Waals surface area contributed by atoms with Gasteiger partial charge in [0.05, 0.1) is 27.7 Å². The molecular formula is C26H20F3N3O5S. The number of thioether (sulfide) groups is 1. The summed E-state index contributed by atoms with van der Waals surface area (Å²) in [6.45, 7) is 3.89. The first-order valence-electron chi connectivity index (χ1n) is 11.2. The molecule has 38 heavy (non-hydrogen) atoms. The van der Waals surface area contributed by atoms with Crippen LogP contribution < -0.4 is 14.8 Å². The van der Waals surface area contributed by atoms with Crippen molar-refractivity contribution in [3.05, 3.63) is 92.4 Å². The Hall–Kier alpha value is -4.32. The average molecular weight is 544 g/mol. The Morgan fingerprint density at radius 2 is 1.76 bits per heavy atom. The molecule has 0 radical (unpaired) electrons. The van der Waals surface area contributed by atoms with Crippen LogP contribution in [0, 0.1) is 17.0 Å². The number of nitro benzene ring substituents is 1. The molecule has 12 heteroatoms. The maximum Gasteiger partial charge on any atom is 0.416 e. The van der Waals surface area contributed by atoms with Crippen LogP contribution in [0.2, 0.25) is 0 Å². The van der Waals surface area contributed by atoms with Crippen molar-refractivity contribution in [3.8, 4) is 17.2 Å².